The van der Waals surface area contributed by atoms with Crippen molar-refractivity contribution >= 4 is 16.8 Å². The molecule has 0 spiro atoms. The molecule has 0 atom stereocenters. The van der Waals surface area contributed by atoms with E-state index in [1.54, 1.807) is 24.3 Å². The van der Waals surface area contributed by atoms with Crippen LogP contribution in [0.2, 0.25) is 0 Å². The molecule has 7 rings (SSSR count). The highest BCUT2D eigenvalue weighted by molar-refractivity contribution is 6.11. The highest BCUT2D eigenvalue weighted by Gasteiger charge is 2.36. The Morgan fingerprint density at radius 1 is 0.385 bits per heavy atom. The molecule has 0 saturated carbocycles. The molecule has 14 heteroatoms. The molecule has 2 N–H and O–H groups in total. The first kappa shape index (κ1) is 33.2. The fourth-order valence-electron chi connectivity index (χ4n) is 6.60. The summed E-state index contributed by atoms with van der Waals surface area (Å²) >= 11 is 0. The van der Waals surface area contributed by atoms with Crippen LogP contribution in [0.1, 0.15) is 22.3 Å². The van der Waals surface area contributed by atoms with Crippen LogP contribution in [0.15, 0.2) is 59.7 Å². The second-order valence-electron chi connectivity index (χ2n) is 11.4. The Morgan fingerprint density at radius 2 is 0.692 bits per heavy atom. The van der Waals surface area contributed by atoms with Gasteiger partial charge in [0.15, 0.2) is 46.5 Å². The van der Waals surface area contributed by atoms with Gasteiger partial charge in [0, 0.05) is 11.1 Å². The van der Waals surface area contributed by atoms with Gasteiger partial charge in [0.05, 0.1) is 11.1 Å². The van der Waals surface area contributed by atoms with Gasteiger partial charge in [-0.15, -0.1) is 0 Å². The molecular weight excluding hydrogens is 697 g/mol. The lowest BCUT2D eigenvalue weighted by Crippen LogP contribution is -2.05. The molecular formula is C38H10F9N5. The third kappa shape index (κ3) is 4.35. The summed E-state index contributed by atoms with van der Waals surface area (Å²) in [6, 6.07) is 16.7. The van der Waals surface area contributed by atoms with Crippen molar-refractivity contribution < 1.29 is 39.5 Å². The number of anilines is 1. The average molecular weight is 708 g/mol. The van der Waals surface area contributed by atoms with Crippen LogP contribution >= 0.6 is 0 Å². The van der Waals surface area contributed by atoms with Gasteiger partial charge in [0.25, 0.3) is 0 Å². The van der Waals surface area contributed by atoms with Gasteiger partial charge >= 0.3 is 0 Å². The quantitative estimate of drug-likeness (QED) is 0.0631. The number of nitriles is 4. The molecule has 0 heterocycles. The van der Waals surface area contributed by atoms with Gasteiger partial charge in [0.1, 0.15) is 41.1 Å². The Labute approximate surface area is 286 Å². The van der Waals surface area contributed by atoms with E-state index in [-0.39, 0.29) is 61.2 Å². The number of nitrogens with two attached hydrogens (primary N) is 1. The van der Waals surface area contributed by atoms with Crippen LogP contribution in [0.5, 0.6) is 0 Å². The maximum absolute atomic E-state index is 15.0. The van der Waals surface area contributed by atoms with Gasteiger partial charge in [-0.2, -0.15) is 21.0 Å². The normalized spacial score (nSPS) is 11.9. The number of nitrogen functional groups attached to an aromatic ring is 1. The Hall–Kier alpha value is -7.29. The third-order valence-corrected chi connectivity index (χ3v) is 8.89. The predicted octanol–water partition coefficient (Wildman–Crippen LogP) is 9.51. The summed E-state index contributed by atoms with van der Waals surface area (Å²) < 4.78 is 131. The van der Waals surface area contributed by atoms with Gasteiger partial charge in [-0.3, -0.25) is 0 Å². The van der Waals surface area contributed by atoms with Crippen LogP contribution in [0.25, 0.3) is 55.7 Å². The van der Waals surface area contributed by atoms with Crippen molar-refractivity contribution in [3.05, 3.63) is 134 Å². The topological polar surface area (TPSA) is 121 Å². The zero-order valence-electron chi connectivity index (χ0n) is 25.4. The van der Waals surface area contributed by atoms with Crippen molar-refractivity contribution in [3.8, 4) is 68.8 Å². The second-order valence-corrected chi connectivity index (χ2v) is 11.4. The molecule has 52 heavy (non-hydrogen) atoms. The van der Waals surface area contributed by atoms with Gasteiger partial charge in [0.2, 0.25) is 5.82 Å². The summed E-state index contributed by atoms with van der Waals surface area (Å²) in [5.74, 6) is -18.3. The first-order valence-electron chi connectivity index (χ1n) is 14.5. The van der Waals surface area contributed by atoms with E-state index < -0.39 is 85.9 Å². The standard InChI is InChI=1S/C38H10F9N5/c39-29-27(30(40)34(44)35(45)33(29)43)13-1-3-17-19-7-24-20(8-23(19)25(21(17)5-13)15(9-48)10-49)18-4-2-14(6-22(18)26(24)16(11-50)12-51)28-31(41)36(46)38(52)37(47)32(28)42/h1-8H,52H2. The maximum Gasteiger partial charge on any atom is 0.200 e. The number of fused-ring (bicyclic) bond motifs is 6. The third-order valence-electron chi connectivity index (χ3n) is 8.89. The first-order chi connectivity index (χ1) is 24.8. The zero-order valence-corrected chi connectivity index (χ0v) is 25.4. The Morgan fingerprint density at radius 3 is 1.04 bits per heavy atom. The Balaban J connectivity index is 1.50. The molecule has 0 unspecified atom stereocenters. The van der Waals surface area contributed by atoms with E-state index in [1.807, 2.05) is 0 Å². The molecule has 0 aromatic heterocycles. The fraction of sp³-hybridized carbons (Fsp3) is 0. The Bertz CT molecular complexity index is 2510. The number of allylic oxidation sites excluding steroid dienone is 2. The van der Waals surface area contributed by atoms with Gasteiger partial charge in [-0.25, -0.2) is 39.5 Å². The smallest absolute Gasteiger partial charge is 0.200 e. The molecule has 5 aromatic rings. The minimum absolute atomic E-state index is 0.00143. The van der Waals surface area contributed by atoms with Crippen molar-refractivity contribution in [2.45, 2.75) is 0 Å². The van der Waals surface area contributed by atoms with E-state index in [2.05, 4.69) is 0 Å². The molecule has 0 saturated heterocycles. The summed E-state index contributed by atoms with van der Waals surface area (Å²) in [5.41, 5.74) is 0.743. The SMILES string of the molecule is N#CC(C#N)=C1c2cc(-c3c(F)c(F)c(N)c(F)c3F)ccc2-c2cc3c(cc21)-c1ccc(-c2c(F)c(F)c(F)c(F)c2F)cc1C3=C(C#N)C#N. The van der Waals surface area contributed by atoms with E-state index in [1.165, 1.54) is 24.3 Å². The number of rotatable bonds is 2. The highest BCUT2D eigenvalue weighted by Crippen LogP contribution is 2.54. The summed E-state index contributed by atoms with van der Waals surface area (Å²) in [4.78, 5) is 0. The van der Waals surface area contributed by atoms with Crippen molar-refractivity contribution in [3.63, 3.8) is 0 Å². The summed E-state index contributed by atoms with van der Waals surface area (Å²) in [6.07, 6.45) is 0. The van der Waals surface area contributed by atoms with E-state index in [0.29, 0.717) is 0 Å². The molecule has 2 aliphatic carbocycles. The largest absolute Gasteiger partial charge is 0.394 e. The molecule has 0 radical (unpaired) electrons. The van der Waals surface area contributed by atoms with Crippen molar-refractivity contribution in [2.75, 3.05) is 5.73 Å². The van der Waals surface area contributed by atoms with E-state index in [0.717, 1.165) is 24.3 Å². The van der Waals surface area contributed by atoms with E-state index >= 15 is 0 Å². The minimum atomic E-state index is -2.37. The number of benzene rings is 5. The van der Waals surface area contributed by atoms with E-state index in [9.17, 15) is 60.6 Å². The van der Waals surface area contributed by atoms with Crippen LogP contribution in [0, 0.1) is 97.7 Å². The van der Waals surface area contributed by atoms with Crippen LogP contribution in [-0.4, -0.2) is 0 Å². The molecule has 5 nitrogen and oxygen atoms in total. The van der Waals surface area contributed by atoms with Crippen LogP contribution in [0.4, 0.5) is 45.2 Å². The number of hydrogen-bond donors (Lipinski definition) is 1. The fourth-order valence-corrected chi connectivity index (χ4v) is 6.60. The summed E-state index contributed by atoms with van der Waals surface area (Å²) in [7, 11) is 0. The molecule has 250 valence electrons. The maximum atomic E-state index is 15.0. The van der Waals surface area contributed by atoms with Gasteiger partial charge in [-0.1, -0.05) is 24.3 Å². The van der Waals surface area contributed by atoms with E-state index in [4.69, 9.17) is 5.73 Å². The van der Waals surface area contributed by atoms with Crippen molar-refractivity contribution in [1.82, 2.24) is 0 Å². The lowest BCUT2D eigenvalue weighted by Gasteiger charge is -2.12. The Kier molecular flexibility index (Phi) is 7.45. The minimum Gasteiger partial charge on any atom is -0.394 e. The lowest BCUT2D eigenvalue weighted by molar-refractivity contribution is 0.381. The van der Waals surface area contributed by atoms with Crippen LogP contribution in [-0.2, 0) is 0 Å². The molecule has 2 aliphatic rings. The summed E-state index contributed by atoms with van der Waals surface area (Å²) in [6.45, 7) is 0. The first-order valence-corrected chi connectivity index (χ1v) is 14.5. The second kappa shape index (κ2) is 11.7. The summed E-state index contributed by atoms with van der Waals surface area (Å²) in [5, 5.41) is 39.6. The number of halogens is 9. The molecule has 0 fully saturated rings. The van der Waals surface area contributed by atoms with Gasteiger partial charge in [-0.05, 0) is 79.9 Å². The molecule has 0 amide bonds. The lowest BCUT2D eigenvalue weighted by atomic mass is 9.93. The monoisotopic (exact) mass is 707 g/mol. The molecule has 0 bridgehead atoms. The molecule has 5 aromatic carbocycles. The van der Waals surface area contributed by atoms with Gasteiger partial charge < -0.3 is 5.73 Å². The zero-order chi connectivity index (χ0) is 37.5. The van der Waals surface area contributed by atoms with Crippen LogP contribution in [0.3, 0.4) is 0 Å². The highest BCUT2D eigenvalue weighted by atomic mass is 19.2. The number of nitrogens with zero attached hydrogens (tertiary/aromatic N) is 4. The average Bonchev–Trinajstić information content (AvgIpc) is 3.63. The predicted molar refractivity (Wildman–Crippen MR) is 167 cm³/mol. The number of hydrogen-bond acceptors (Lipinski definition) is 5. The van der Waals surface area contributed by atoms with Crippen molar-refractivity contribution in [2.24, 2.45) is 0 Å². The van der Waals surface area contributed by atoms with Crippen LogP contribution < -0.4 is 5.73 Å². The molecule has 0 aliphatic heterocycles. The van der Waals surface area contributed by atoms with Crippen molar-refractivity contribution in [1.29, 1.82) is 21.0 Å².